The van der Waals surface area contributed by atoms with Crippen LogP contribution in [-0.4, -0.2) is 31.2 Å². The van der Waals surface area contributed by atoms with Crippen molar-refractivity contribution in [3.05, 3.63) is 29.8 Å². The van der Waals surface area contributed by atoms with Gasteiger partial charge in [0.15, 0.2) is 0 Å². The van der Waals surface area contributed by atoms with Gasteiger partial charge in [0.2, 0.25) is 0 Å². The number of hydrogen-bond donors (Lipinski definition) is 1. The molecule has 1 N–H and O–H groups in total. The second-order valence-corrected chi connectivity index (χ2v) is 6.67. The number of nitrogens with one attached hydrogen (secondary N) is 1. The zero-order valence-electron chi connectivity index (χ0n) is 12.2. The van der Waals surface area contributed by atoms with Crippen LogP contribution < -0.4 is 10.1 Å². The molecule has 1 aromatic rings. The quantitative estimate of drug-likeness (QED) is 0.823. The first-order valence-corrected chi connectivity index (χ1v) is 8.42. The molecule has 0 radical (unpaired) electrons. The minimum Gasteiger partial charge on any atom is -0.496 e. The molecule has 2 rings (SSSR count). The van der Waals surface area contributed by atoms with Gasteiger partial charge >= 0.3 is 0 Å². The number of rotatable bonds is 7. The van der Waals surface area contributed by atoms with Crippen LogP contribution in [0.2, 0.25) is 0 Å². The van der Waals surface area contributed by atoms with Crippen LogP contribution >= 0.6 is 11.8 Å². The normalized spacial score (nSPS) is 23.7. The highest BCUT2D eigenvalue weighted by molar-refractivity contribution is 7.99. The Hall–Kier alpha value is -0.670. The van der Waals surface area contributed by atoms with Gasteiger partial charge < -0.3 is 10.1 Å². The Kier molecular flexibility index (Phi) is 5.59. The molecular formula is C16H25NOS. The van der Waals surface area contributed by atoms with Crippen LogP contribution in [-0.2, 0) is 0 Å². The van der Waals surface area contributed by atoms with E-state index in [1.54, 1.807) is 7.11 Å². The molecule has 3 heteroatoms. The Morgan fingerprint density at radius 2 is 2.11 bits per heavy atom. The van der Waals surface area contributed by atoms with Gasteiger partial charge in [-0.15, -0.1) is 0 Å². The maximum Gasteiger partial charge on any atom is 0.122 e. The topological polar surface area (TPSA) is 21.3 Å². The molecule has 1 fully saturated rings. The van der Waals surface area contributed by atoms with E-state index in [2.05, 4.69) is 36.7 Å². The highest BCUT2D eigenvalue weighted by Gasteiger charge is 2.31. The van der Waals surface area contributed by atoms with Gasteiger partial charge in [0.25, 0.3) is 0 Å². The van der Waals surface area contributed by atoms with Gasteiger partial charge in [-0.3, -0.25) is 0 Å². The van der Waals surface area contributed by atoms with Crippen molar-refractivity contribution >= 4 is 11.8 Å². The molecule has 1 saturated carbocycles. The summed E-state index contributed by atoms with van der Waals surface area (Å²) in [5, 5.41) is 4.43. The Labute approximate surface area is 121 Å². The molecule has 1 aliphatic rings. The fraction of sp³-hybridized carbons (Fsp3) is 0.625. The molecule has 0 heterocycles. The molecule has 1 aliphatic carbocycles. The minimum absolute atomic E-state index is 0.673. The van der Waals surface area contributed by atoms with Gasteiger partial charge in [0, 0.05) is 11.3 Å². The molecule has 1 atom stereocenters. The molecule has 2 nitrogen and oxygen atoms in total. The van der Waals surface area contributed by atoms with Crippen LogP contribution in [0.4, 0.5) is 0 Å². The third-order valence-corrected chi connectivity index (χ3v) is 5.14. The first-order valence-electron chi connectivity index (χ1n) is 7.13. The highest BCUT2D eigenvalue weighted by atomic mass is 32.2. The van der Waals surface area contributed by atoms with E-state index in [0.717, 1.165) is 17.5 Å². The molecule has 1 unspecified atom stereocenters. The summed E-state index contributed by atoms with van der Waals surface area (Å²) >= 11 is 1.95. The summed E-state index contributed by atoms with van der Waals surface area (Å²) in [5.74, 6) is 1.72. The van der Waals surface area contributed by atoms with E-state index in [-0.39, 0.29) is 0 Å². The van der Waals surface area contributed by atoms with Crippen LogP contribution in [0.3, 0.4) is 0 Å². The Bertz CT molecular complexity index is 390. The lowest BCUT2D eigenvalue weighted by molar-refractivity contribution is 0.283. The molecule has 0 bridgehead atoms. The molecule has 0 amide bonds. The zero-order valence-corrected chi connectivity index (χ0v) is 13.0. The summed E-state index contributed by atoms with van der Waals surface area (Å²) in [6.45, 7) is 3.44. The second-order valence-electron chi connectivity index (χ2n) is 5.40. The van der Waals surface area contributed by atoms with Crippen molar-refractivity contribution < 1.29 is 4.74 Å². The number of benzene rings is 1. The predicted octanol–water partition coefficient (Wildman–Crippen LogP) is 3.67. The molecule has 0 spiro atoms. The molecule has 0 aliphatic heterocycles. The number of methoxy groups -OCH3 is 1. The third kappa shape index (κ3) is 3.90. The zero-order chi connectivity index (χ0) is 13.7. The van der Waals surface area contributed by atoms with Gasteiger partial charge in [0.1, 0.15) is 5.75 Å². The van der Waals surface area contributed by atoms with Crippen molar-refractivity contribution in [3.8, 4) is 5.75 Å². The smallest absolute Gasteiger partial charge is 0.122 e. The van der Waals surface area contributed by atoms with Crippen LogP contribution in [0, 0.1) is 0 Å². The second kappa shape index (κ2) is 7.20. The van der Waals surface area contributed by atoms with E-state index < -0.39 is 0 Å². The van der Waals surface area contributed by atoms with Crippen molar-refractivity contribution in [2.45, 2.75) is 43.4 Å². The maximum atomic E-state index is 5.44. The minimum atomic E-state index is 0.673. The van der Waals surface area contributed by atoms with E-state index in [1.807, 2.05) is 17.8 Å². The molecular weight excluding hydrogens is 254 g/mol. The number of para-hydroxylation sites is 1. The molecule has 0 saturated heterocycles. The van der Waals surface area contributed by atoms with Gasteiger partial charge in [-0.1, -0.05) is 25.1 Å². The van der Waals surface area contributed by atoms with Crippen molar-refractivity contribution in [1.29, 1.82) is 0 Å². The Morgan fingerprint density at radius 1 is 1.37 bits per heavy atom. The summed E-state index contributed by atoms with van der Waals surface area (Å²) < 4.78 is 5.44. The van der Waals surface area contributed by atoms with Crippen LogP contribution in [0.15, 0.2) is 24.3 Å². The summed E-state index contributed by atoms with van der Waals surface area (Å²) in [6, 6.07) is 9.12. The molecule has 19 heavy (non-hydrogen) atoms. The first-order chi connectivity index (χ1) is 9.24. The monoisotopic (exact) mass is 279 g/mol. The van der Waals surface area contributed by atoms with Crippen LogP contribution in [0.1, 0.15) is 37.7 Å². The fourth-order valence-electron chi connectivity index (χ4n) is 2.65. The SMILES string of the molecule is COc1ccccc1C1CC(NCCC(C)SC)C1. The van der Waals surface area contributed by atoms with Crippen LogP contribution in [0.5, 0.6) is 5.75 Å². The van der Waals surface area contributed by atoms with E-state index in [4.69, 9.17) is 4.74 Å². The van der Waals surface area contributed by atoms with Gasteiger partial charge in [-0.05, 0) is 49.6 Å². The summed E-state index contributed by atoms with van der Waals surface area (Å²) in [4.78, 5) is 0. The van der Waals surface area contributed by atoms with E-state index in [0.29, 0.717) is 12.0 Å². The fourth-order valence-corrected chi connectivity index (χ4v) is 3.00. The Morgan fingerprint density at radius 3 is 2.79 bits per heavy atom. The summed E-state index contributed by atoms with van der Waals surface area (Å²) in [5.41, 5.74) is 1.38. The average Bonchev–Trinajstić information content (AvgIpc) is 2.41. The van der Waals surface area contributed by atoms with Crippen LogP contribution in [0.25, 0.3) is 0 Å². The predicted molar refractivity (Wildman–Crippen MR) is 84.4 cm³/mol. The lowest BCUT2D eigenvalue weighted by Gasteiger charge is -2.37. The molecule has 0 aromatic heterocycles. The third-order valence-electron chi connectivity index (χ3n) is 4.10. The molecule has 106 valence electrons. The highest BCUT2D eigenvalue weighted by Crippen LogP contribution is 2.40. The van der Waals surface area contributed by atoms with Gasteiger partial charge in [-0.2, -0.15) is 11.8 Å². The largest absolute Gasteiger partial charge is 0.496 e. The lowest BCUT2D eigenvalue weighted by Crippen LogP contribution is -2.41. The van der Waals surface area contributed by atoms with E-state index >= 15 is 0 Å². The van der Waals surface area contributed by atoms with Crippen molar-refractivity contribution in [2.24, 2.45) is 0 Å². The van der Waals surface area contributed by atoms with Gasteiger partial charge in [-0.25, -0.2) is 0 Å². The number of hydrogen-bond acceptors (Lipinski definition) is 3. The summed E-state index contributed by atoms with van der Waals surface area (Å²) in [6.07, 6.45) is 5.94. The number of ether oxygens (including phenoxy) is 1. The van der Waals surface area contributed by atoms with E-state index in [1.165, 1.54) is 24.8 Å². The van der Waals surface area contributed by atoms with E-state index in [9.17, 15) is 0 Å². The first kappa shape index (κ1) is 14.7. The van der Waals surface area contributed by atoms with Crippen molar-refractivity contribution in [3.63, 3.8) is 0 Å². The van der Waals surface area contributed by atoms with Crippen molar-refractivity contribution in [2.75, 3.05) is 19.9 Å². The lowest BCUT2D eigenvalue weighted by atomic mass is 9.75. The standard InChI is InChI=1S/C16H25NOS/c1-12(19-3)8-9-17-14-10-13(11-14)15-6-4-5-7-16(15)18-2/h4-7,12-14,17H,8-11H2,1-3H3. The average molecular weight is 279 g/mol. The van der Waals surface area contributed by atoms with Gasteiger partial charge in [0.05, 0.1) is 7.11 Å². The Balaban J connectivity index is 1.74. The molecule has 1 aromatic carbocycles. The summed E-state index contributed by atoms with van der Waals surface area (Å²) in [7, 11) is 1.76. The number of thioether (sulfide) groups is 1. The maximum absolute atomic E-state index is 5.44. The van der Waals surface area contributed by atoms with Crippen molar-refractivity contribution in [1.82, 2.24) is 5.32 Å².